The van der Waals surface area contributed by atoms with Crippen LogP contribution in [0.3, 0.4) is 0 Å². The molecule has 1 saturated heterocycles. The third-order valence-corrected chi connectivity index (χ3v) is 3.33. The molecule has 2 unspecified atom stereocenters. The average molecular weight is 238 g/mol. The molecule has 0 radical (unpaired) electrons. The van der Waals surface area contributed by atoms with Gasteiger partial charge in [-0.2, -0.15) is 5.10 Å². The van der Waals surface area contributed by atoms with Crippen LogP contribution in [0.2, 0.25) is 0 Å². The fourth-order valence-electron chi connectivity index (χ4n) is 2.25. The highest BCUT2D eigenvalue weighted by Crippen LogP contribution is 2.21. The van der Waals surface area contributed by atoms with Crippen molar-refractivity contribution in [2.75, 3.05) is 19.7 Å². The van der Waals surface area contributed by atoms with Crippen LogP contribution in [-0.4, -0.2) is 50.4 Å². The maximum atomic E-state index is 12.2. The number of nitrogens with zero attached hydrogens (tertiary/aromatic N) is 4. The molecule has 1 fully saturated rings. The molecule has 2 heterocycles. The Kier molecular flexibility index (Phi) is 3.73. The normalized spacial score (nSPS) is 21.8. The maximum Gasteiger partial charge on any atom is 0.247 e. The second-order valence-corrected chi connectivity index (χ2v) is 4.50. The summed E-state index contributed by atoms with van der Waals surface area (Å²) in [4.78, 5) is 17.9. The highest BCUT2D eigenvalue weighted by atomic mass is 16.3. The molecular weight excluding hydrogens is 220 g/mol. The van der Waals surface area contributed by atoms with Gasteiger partial charge in [0.1, 0.15) is 18.7 Å². The molecule has 6 nitrogen and oxygen atoms in total. The first-order chi connectivity index (χ1) is 8.22. The molecule has 1 aliphatic heterocycles. The van der Waals surface area contributed by atoms with Crippen molar-refractivity contribution in [3.63, 3.8) is 0 Å². The van der Waals surface area contributed by atoms with Crippen molar-refractivity contribution >= 4 is 5.91 Å². The number of hydrogen-bond acceptors (Lipinski definition) is 4. The number of likely N-dealkylation sites (tertiary alicyclic amines) is 1. The molecule has 2 atom stereocenters. The Labute approximate surface area is 100 Å². The van der Waals surface area contributed by atoms with Crippen molar-refractivity contribution in [1.29, 1.82) is 0 Å². The number of carbonyl (C=O) groups is 1. The molecule has 0 spiro atoms. The van der Waals surface area contributed by atoms with Gasteiger partial charge in [-0.25, -0.2) is 9.67 Å². The summed E-state index contributed by atoms with van der Waals surface area (Å²) in [6, 6.07) is -0.301. The number of aromatic nitrogens is 3. The molecule has 0 bridgehead atoms. The smallest absolute Gasteiger partial charge is 0.247 e. The van der Waals surface area contributed by atoms with Crippen LogP contribution in [0.15, 0.2) is 12.7 Å². The zero-order valence-electron chi connectivity index (χ0n) is 9.99. The first-order valence-corrected chi connectivity index (χ1v) is 5.96. The monoisotopic (exact) mass is 238 g/mol. The van der Waals surface area contributed by atoms with E-state index in [9.17, 15) is 4.79 Å². The summed E-state index contributed by atoms with van der Waals surface area (Å²) in [6.07, 6.45) is 4.75. The van der Waals surface area contributed by atoms with Crippen molar-refractivity contribution in [3.8, 4) is 0 Å². The molecule has 2 rings (SSSR count). The van der Waals surface area contributed by atoms with Crippen molar-refractivity contribution in [2.45, 2.75) is 25.8 Å². The van der Waals surface area contributed by atoms with Crippen LogP contribution >= 0.6 is 0 Å². The number of amides is 1. The third-order valence-electron chi connectivity index (χ3n) is 3.33. The molecule has 1 amide bonds. The van der Waals surface area contributed by atoms with Crippen molar-refractivity contribution < 1.29 is 9.90 Å². The summed E-state index contributed by atoms with van der Waals surface area (Å²) < 4.78 is 1.57. The first-order valence-electron chi connectivity index (χ1n) is 5.96. The van der Waals surface area contributed by atoms with Gasteiger partial charge in [0.05, 0.1) is 0 Å². The van der Waals surface area contributed by atoms with Gasteiger partial charge >= 0.3 is 0 Å². The van der Waals surface area contributed by atoms with Crippen molar-refractivity contribution in [2.24, 2.45) is 5.92 Å². The standard InChI is InChI=1S/C11H18N4O2/c1-9(15-8-12-7-13-15)11(17)14-4-2-10(6-14)3-5-16/h7-10,16H,2-6H2,1H3. The van der Waals surface area contributed by atoms with Gasteiger partial charge in [0, 0.05) is 19.7 Å². The van der Waals surface area contributed by atoms with Gasteiger partial charge in [-0.05, 0) is 25.7 Å². The molecule has 0 saturated carbocycles. The Morgan fingerprint density at radius 3 is 3.12 bits per heavy atom. The lowest BCUT2D eigenvalue weighted by molar-refractivity contribution is -0.133. The molecule has 1 aromatic heterocycles. The quantitative estimate of drug-likeness (QED) is 0.805. The molecule has 17 heavy (non-hydrogen) atoms. The Hall–Kier alpha value is -1.43. The molecule has 0 aromatic carbocycles. The SMILES string of the molecule is CC(C(=O)N1CCC(CCO)C1)n1cncn1. The van der Waals surface area contributed by atoms with Crippen LogP contribution < -0.4 is 0 Å². The van der Waals surface area contributed by atoms with Crippen LogP contribution in [0.1, 0.15) is 25.8 Å². The number of aliphatic hydroxyl groups excluding tert-OH is 1. The Morgan fingerprint density at radius 2 is 2.47 bits per heavy atom. The van der Waals surface area contributed by atoms with E-state index >= 15 is 0 Å². The molecule has 6 heteroatoms. The zero-order chi connectivity index (χ0) is 12.3. The lowest BCUT2D eigenvalue weighted by Crippen LogP contribution is -2.34. The Balaban J connectivity index is 1.93. The predicted molar refractivity (Wildman–Crippen MR) is 61.1 cm³/mol. The first kappa shape index (κ1) is 12.0. The van der Waals surface area contributed by atoms with Gasteiger partial charge in [0.2, 0.25) is 5.91 Å². The van der Waals surface area contributed by atoms with Gasteiger partial charge in [0.25, 0.3) is 0 Å². The van der Waals surface area contributed by atoms with Gasteiger partial charge < -0.3 is 10.0 Å². The van der Waals surface area contributed by atoms with Gasteiger partial charge in [0.15, 0.2) is 0 Å². The fraction of sp³-hybridized carbons (Fsp3) is 0.727. The van der Waals surface area contributed by atoms with E-state index < -0.39 is 0 Å². The van der Waals surface area contributed by atoms with E-state index in [0.717, 1.165) is 25.9 Å². The maximum absolute atomic E-state index is 12.2. The van der Waals surface area contributed by atoms with Crippen molar-refractivity contribution in [1.82, 2.24) is 19.7 Å². The van der Waals surface area contributed by atoms with E-state index in [1.165, 1.54) is 6.33 Å². The minimum Gasteiger partial charge on any atom is -0.396 e. The zero-order valence-corrected chi connectivity index (χ0v) is 9.99. The minimum absolute atomic E-state index is 0.0796. The number of aliphatic hydroxyl groups is 1. The summed E-state index contributed by atoms with van der Waals surface area (Å²) >= 11 is 0. The summed E-state index contributed by atoms with van der Waals surface area (Å²) in [5.74, 6) is 0.517. The Bertz CT molecular complexity index is 366. The summed E-state index contributed by atoms with van der Waals surface area (Å²) in [6.45, 7) is 3.56. The number of hydrogen-bond donors (Lipinski definition) is 1. The molecule has 94 valence electrons. The third kappa shape index (κ3) is 2.63. The highest BCUT2D eigenvalue weighted by Gasteiger charge is 2.29. The molecular formula is C11H18N4O2. The highest BCUT2D eigenvalue weighted by molar-refractivity contribution is 5.80. The van der Waals surface area contributed by atoms with E-state index in [0.29, 0.717) is 5.92 Å². The van der Waals surface area contributed by atoms with E-state index in [2.05, 4.69) is 10.1 Å². The lowest BCUT2D eigenvalue weighted by atomic mass is 10.1. The van der Waals surface area contributed by atoms with E-state index in [1.54, 1.807) is 11.0 Å². The second kappa shape index (κ2) is 5.27. The van der Waals surface area contributed by atoms with Crippen molar-refractivity contribution in [3.05, 3.63) is 12.7 Å². The lowest BCUT2D eigenvalue weighted by Gasteiger charge is -2.20. The topological polar surface area (TPSA) is 71.2 Å². The van der Waals surface area contributed by atoms with Crippen LogP contribution in [-0.2, 0) is 4.79 Å². The molecule has 1 aliphatic rings. The number of carbonyl (C=O) groups excluding carboxylic acids is 1. The van der Waals surface area contributed by atoms with E-state index in [1.807, 2.05) is 11.8 Å². The Morgan fingerprint density at radius 1 is 1.65 bits per heavy atom. The van der Waals surface area contributed by atoms with Crippen LogP contribution in [0.4, 0.5) is 0 Å². The minimum atomic E-state index is -0.301. The summed E-state index contributed by atoms with van der Waals surface area (Å²) in [5.41, 5.74) is 0. The predicted octanol–water partition coefficient (Wildman–Crippen LogP) is 0.0700. The van der Waals surface area contributed by atoms with E-state index in [-0.39, 0.29) is 18.6 Å². The largest absolute Gasteiger partial charge is 0.396 e. The summed E-state index contributed by atoms with van der Waals surface area (Å²) in [5, 5.41) is 12.9. The van der Waals surface area contributed by atoms with Gasteiger partial charge in [-0.15, -0.1) is 0 Å². The summed E-state index contributed by atoms with van der Waals surface area (Å²) in [7, 11) is 0. The fourth-order valence-corrected chi connectivity index (χ4v) is 2.25. The van der Waals surface area contributed by atoms with Gasteiger partial charge in [-0.1, -0.05) is 0 Å². The number of rotatable bonds is 4. The molecule has 1 N–H and O–H groups in total. The van der Waals surface area contributed by atoms with Crippen LogP contribution in [0, 0.1) is 5.92 Å². The molecule has 0 aliphatic carbocycles. The second-order valence-electron chi connectivity index (χ2n) is 4.50. The van der Waals surface area contributed by atoms with E-state index in [4.69, 9.17) is 5.11 Å². The average Bonchev–Trinajstić information content (AvgIpc) is 2.98. The van der Waals surface area contributed by atoms with Gasteiger partial charge in [-0.3, -0.25) is 4.79 Å². The molecule has 1 aromatic rings. The van der Waals surface area contributed by atoms with Crippen LogP contribution in [0.25, 0.3) is 0 Å². The van der Waals surface area contributed by atoms with Crippen LogP contribution in [0.5, 0.6) is 0 Å².